The maximum atomic E-state index is 13.0. The molecule has 32 heavy (non-hydrogen) atoms. The Kier molecular flexibility index (Phi) is 7.07. The SMILES string of the molecule is CC(C)C(NC(=O)CBr)C(=O)OCN1C(=O)CC[C@H](N2C(=O)c3ccccc3C2=O)C1=O. The number of fused-ring (bicyclic) bond motifs is 1. The predicted molar refractivity (Wildman–Crippen MR) is 113 cm³/mol. The molecule has 5 amide bonds. The lowest BCUT2D eigenvalue weighted by Crippen LogP contribution is -2.57. The van der Waals surface area contributed by atoms with Gasteiger partial charge in [-0.1, -0.05) is 41.9 Å². The van der Waals surface area contributed by atoms with Gasteiger partial charge < -0.3 is 10.1 Å². The number of nitrogens with one attached hydrogen (secondary N) is 1. The van der Waals surface area contributed by atoms with Crippen molar-refractivity contribution in [3.63, 3.8) is 0 Å². The van der Waals surface area contributed by atoms with Crippen molar-refractivity contribution in [1.82, 2.24) is 15.1 Å². The highest BCUT2D eigenvalue weighted by Crippen LogP contribution is 2.29. The summed E-state index contributed by atoms with van der Waals surface area (Å²) in [7, 11) is 0. The van der Waals surface area contributed by atoms with Crippen LogP contribution < -0.4 is 5.32 Å². The van der Waals surface area contributed by atoms with Crippen molar-refractivity contribution in [3.8, 4) is 0 Å². The summed E-state index contributed by atoms with van der Waals surface area (Å²) in [6.45, 7) is 2.73. The van der Waals surface area contributed by atoms with Gasteiger partial charge in [0.25, 0.3) is 17.7 Å². The Bertz CT molecular complexity index is 958. The van der Waals surface area contributed by atoms with E-state index in [1.54, 1.807) is 26.0 Å². The highest BCUT2D eigenvalue weighted by Gasteiger charge is 2.47. The molecule has 11 heteroatoms. The fraction of sp³-hybridized carbons (Fsp3) is 0.429. The van der Waals surface area contributed by atoms with Crippen molar-refractivity contribution in [2.45, 2.75) is 38.8 Å². The van der Waals surface area contributed by atoms with Gasteiger partial charge in [-0.05, 0) is 24.5 Å². The summed E-state index contributed by atoms with van der Waals surface area (Å²) in [4.78, 5) is 76.5. The molecule has 1 aromatic rings. The van der Waals surface area contributed by atoms with Crippen LogP contribution in [0.3, 0.4) is 0 Å². The average Bonchev–Trinajstić information content (AvgIpc) is 3.02. The number of hydrogen-bond donors (Lipinski definition) is 1. The lowest BCUT2D eigenvalue weighted by molar-refractivity contribution is -0.165. The molecule has 0 bridgehead atoms. The average molecular weight is 508 g/mol. The Hall–Kier alpha value is -3.08. The van der Waals surface area contributed by atoms with E-state index in [0.717, 1.165) is 9.80 Å². The lowest BCUT2D eigenvalue weighted by Gasteiger charge is -2.34. The molecule has 1 fully saturated rings. The third-order valence-corrected chi connectivity index (χ3v) is 5.82. The number of alkyl halides is 1. The summed E-state index contributed by atoms with van der Waals surface area (Å²) in [6.07, 6.45) is -0.112. The molecule has 2 aliphatic rings. The number of benzene rings is 1. The van der Waals surface area contributed by atoms with Gasteiger partial charge in [-0.2, -0.15) is 0 Å². The second kappa shape index (κ2) is 9.60. The molecule has 0 spiro atoms. The molecule has 0 aromatic heterocycles. The van der Waals surface area contributed by atoms with E-state index >= 15 is 0 Å². The maximum absolute atomic E-state index is 13.0. The molecule has 1 saturated heterocycles. The van der Waals surface area contributed by atoms with E-state index in [0.29, 0.717) is 0 Å². The molecule has 170 valence electrons. The Labute approximate surface area is 192 Å². The first-order valence-electron chi connectivity index (χ1n) is 10.0. The number of piperidine rings is 1. The third kappa shape index (κ3) is 4.43. The van der Waals surface area contributed by atoms with Gasteiger partial charge in [0.1, 0.15) is 12.1 Å². The normalized spacial score (nSPS) is 19.3. The van der Waals surface area contributed by atoms with E-state index in [9.17, 15) is 28.8 Å². The van der Waals surface area contributed by atoms with Crippen LogP contribution in [0.5, 0.6) is 0 Å². The molecule has 10 nitrogen and oxygen atoms in total. The number of halogens is 1. The van der Waals surface area contributed by atoms with E-state index in [2.05, 4.69) is 21.2 Å². The van der Waals surface area contributed by atoms with Crippen molar-refractivity contribution < 1.29 is 33.5 Å². The number of imide groups is 2. The first-order valence-corrected chi connectivity index (χ1v) is 11.1. The van der Waals surface area contributed by atoms with Gasteiger partial charge >= 0.3 is 5.97 Å². The summed E-state index contributed by atoms with van der Waals surface area (Å²) in [5.41, 5.74) is 0.393. The van der Waals surface area contributed by atoms with Gasteiger partial charge in [0.05, 0.1) is 16.5 Å². The predicted octanol–water partition coefficient (Wildman–Crippen LogP) is 0.837. The van der Waals surface area contributed by atoms with Crippen LogP contribution in [0.2, 0.25) is 0 Å². The van der Waals surface area contributed by atoms with Gasteiger partial charge in [-0.15, -0.1) is 0 Å². The van der Waals surface area contributed by atoms with Crippen LogP contribution in [0.15, 0.2) is 24.3 Å². The van der Waals surface area contributed by atoms with Crippen LogP contribution in [0, 0.1) is 5.92 Å². The van der Waals surface area contributed by atoms with E-state index in [4.69, 9.17) is 4.74 Å². The van der Waals surface area contributed by atoms with Crippen molar-refractivity contribution >= 4 is 51.4 Å². The third-order valence-electron chi connectivity index (χ3n) is 5.32. The molecular weight excluding hydrogens is 486 g/mol. The maximum Gasteiger partial charge on any atom is 0.330 e. The van der Waals surface area contributed by atoms with E-state index < -0.39 is 54.3 Å². The fourth-order valence-corrected chi connectivity index (χ4v) is 3.78. The number of likely N-dealkylation sites (tertiary alicyclic amines) is 1. The van der Waals surface area contributed by atoms with E-state index in [1.165, 1.54) is 12.1 Å². The first-order chi connectivity index (χ1) is 15.2. The minimum Gasteiger partial charge on any atom is -0.442 e. The number of amides is 5. The molecule has 1 aromatic carbocycles. The topological polar surface area (TPSA) is 130 Å². The molecule has 2 heterocycles. The summed E-state index contributed by atoms with van der Waals surface area (Å²) in [5.74, 6) is -4.12. The highest BCUT2D eigenvalue weighted by molar-refractivity contribution is 9.09. The monoisotopic (exact) mass is 507 g/mol. The number of esters is 1. The van der Waals surface area contributed by atoms with Crippen molar-refractivity contribution in [3.05, 3.63) is 35.4 Å². The molecule has 0 aliphatic carbocycles. The van der Waals surface area contributed by atoms with Crippen molar-refractivity contribution in [2.24, 2.45) is 5.92 Å². The zero-order valence-corrected chi connectivity index (χ0v) is 19.1. The number of hydrogen-bond acceptors (Lipinski definition) is 7. The molecule has 3 rings (SSSR count). The summed E-state index contributed by atoms with van der Waals surface area (Å²) in [6, 6.07) is 4.09. The second-order valence-corrected chi connectivity index (χ2v) is 8.32. The Balaban J connectivity index is 1.72. The number of ether oxygens (including phenoxy) is 1. The summed E-state index contributed by atoms with van der Waals surface area (Å²) >= 11 is 3.00. The fourth-order valence-electron chi connectivity index (χ4n) is 3.62. The summed E-state index contributed by atoms with van der Waals surface area (Å²) < 4.78 is 5.14. The Morgan fingerprint density at radius 2 is 1.72 bits per heavy atom. The lowest BCUT2D eigenvalue weighted by atomic mass is 10.0. The zero-order chi connectivity index (χ0) is 23.6. The molecule has 0 radical (unpaired) electrons. The van der Waals surface area contributed by atoms with Crippen LogP contribution >= 0.6 is 15.9 Å². The Morgan fingerprint density at radius 3 is 2.25 bits per heavy atom. The standard InChI is InChI=1S/C21H22BrN3O7/c1-11(2)17(23-15(26)9-22)21(31)32-10-24-16(27)8-7-14(20(24)30)25-18(28)12-5-3-4-6-13(12)19(25)29/h3-6,11,14,17H,7-10H2,1-2H3,(H,23,26)/t14-,17?/m0/s1. The number of carbonyl (C=O) groups excluding carboxylic acids is 6. The summed E-state index contributed by atoms with van der Waals surface area (Å²) in [5, 5.41) is 2.50. The number of carbonyl (C=O) groups is 6. The van der Waals surface area contributed by atoms with E-state index in [-0.39, 0.29) is 35.2 Å². The smallest absolute Gasteiger partial charge is 0.330 e. The minimum absolute atomic E-state index is 0.00540. The van der Waals surface area contributed by atoms with Gasteiger partial charge in [0.15, 0.2) is 6.73 Å². The van der Waals surface area contributed by atoms with Gasteiger partial charge in [0.2, 0.25) is 11.8 Å². The van der Waals surface area contributed by atoms with Crippen LogP contribution in [0.4, 0.5) is 0 Å². The molecule has 2 aliphatic heterocycles. The zero-order valence-electron chi connectivity index (χ0n) is 17.5. The van der Waals surface area contributed by atoms with Gasteiger partial charge in [0, 0.05) is 6.42 Å². The highest BCUT2D eigenvalue weighted by atomic mass is 79.9. The molecule has 0 saturated carbocycles. The first kappa shape index (κ1) is 23.6. The van der Waals surface area contributed by atoms with Crippen molar-refractivity contribution in [2.75, 3.05) is 12.1 Å². The molecule has 1 N–H and O–H groups in total. The minimum atomic E-state index is -1.17. The Morgan fingerprint density at radius 1 is 1.12 bits per heavy atom. The largest absolute Gasteiger partial charge is 0.442 e. The van der Waals surface area contributed by atoms with Crippen LogP contribution in [-0.2, 0) is 23.9 Å². The molecular formula is C21H22BrN3O7. The van der Waals surface area contributed by atoms with E-state index in [1.807, 2.05) is 0 Å². The van der Waals surface area contributed by atoms with Crippen molar-refractivity contribution in [1.29, 1.82) is 0 Å². The van der Waals surface area contributed by atoms with Crippen LogP contribution in [0.25, 0.3) is 0 Å². The van der Waals surface area contributed by atoms with Crippen LogP contribution in [0.1, 0.15) is 47.4 Å². The number of rotatable bonds is 7. The number of nitrogens with zero attached hydrogens (tertiary/aromatic N) is 2. The van der Waals surface area contributed by atoms with Gasteiger partial charge in [-0.3, -0.25) is 28.9 Å². The second-order valence-electron chi connectivity index (χ2n) is 7.76. The molecule has 2 atom stereocenters. The quantitative estimate of drug-likeness (QED) is 0.328. The van der Waals surface area contributed by atoms with Gasteiger partial charge in [-0.25, -0.2) is 9.69 Å². The van der Waals surface area contributed by atoms with Crippen LogP contribution in [-0.4, -0.2) is 69.4 Å². The molecule has 1 unspecified atom stereocenters.